The maximum absolute atomic E-state index is 13.0. The highest BCUT2D eigenvalue weighted by molar-refractivity contribution is 7.98. The van der Waals surface area contributed by atoms with Gasteiger partial charge in [0.15, 0.2) is 0 Å². The van der Waals surface area contributed by atoms with E-state index in [1.807, 2.05) is 44.4 Å². The molecule has 3 amide bonds. The van der Waals surface area contributed by atoms with Crippen molar-refractivity contribution >= 4 is 40.9 Å². The largest absolute Gasteiger partial charge is 0.321 e. The molecule has 6 nitrogen and oxygen atoms in total. The molecule has 0 aliphatic carbocycles. The van der Waals surface area contributed by atoms with Crippen molar-refractivity contribution < 1.29 is 14.4 Å². The maximum atomic E-state index is 13.0. The first-order chi connectivity index (χ1) is 14.4. The first kappa shape index (κ1) is 19.8. The summed E-state index contributed by atoms with van der Waals surface area (Å²) in [6.45, 7) is 3.76. The number of amides is 3. The monoisotopic (exact) mass is 417 g/mol. The number of pyridine rings is 1. The van der Waals surface area contributed by atoms with Gasteiger partial charge in [-0.05, 0) is 67.6 Å². The number of hydrogen-bond acceptors (Lipinski definition) is 5. The summed E-state index contributed by atoms with van der Waals surface area (Å²) >= 11 is 1.51. The molecule has 3 aromatic rings. The highest BCUT2D eigenvalue weighted by atomic mass is 32.2. The number of anilines is 2. The molecule has 0 unspecified atom stereocenters. The molecular formula is C23H19N3O3S. The molecule has 1 aliphatic heterocycles. The van der Waals surface area contributed by atoms with Gasteiger partial charge in [0.1, 0.15) is 0 Å². The molecule has 7 heteroatoms. The molecule has 1 N–H and O–H groups in total. The number of nitrogens with zero attached hydrogens (tertiary/aromatic N) is 2. The zero-order chi connectivity index (χ0) is 21.4. The number of benzene rings is 2. The minimum atomic E-state index is -0.427. The minimum Gasteiger partial charge on any atom is -0.321 e. The quantitative estimate of drug-likeness (QED) is 0.500. The molecule has 150 valence electrons. The second-order valence-corrected chi connectivity index (χ2v) is 7.87. The summed E-state index contributed by atoms with van der Waals surface area (Å²) in [6.07, 6.45) is 3.50. The number of thioether (sulfide) groups is 1. The molecule has 0 atom stereocenters. The predicted molar refractivity (Wildman–Crippen MR) is 117 cm³/mol. The van der Waals surface area contributed by atoms with E-state index >= 15 is 0 Å². The number of carbonyl (C=O) groups is 3. The van der Waals surface area contributed by atoms with E-state index in [2.05, 4.69) is 10.3 Å². The fourth-order valence-corrected chi connectivity index (χ4v) is 3.70. The Labute approximate surface area is 178 Å². The predicted octanol–water partition coefficient (Wildman–Crippen LogP) is 4.47. The third-order valence-electron chi connectivity index (χ3n) is 4.96. The molecule has 0 fully saturated rings. The maximum Gasteiger partial charge on any atom is 0.266 e. The Hall–Kier alpha value is -3.45. The van der Waals surface area contributed by atoms with Crippen molar-refractivity contribution in [2.24, 2.45) is 0 Å². The van der Waals surface area contributed by atoms with Crippen LogP contribution in [-0.2, 0) is 0 Å². The third kappa shape index (κ3) is 3.48. The van der Waals surface area contributed by atoms with E-state index in [0.29, 0.717) is 22.5 Å². The molecule has 0 bridgehead atoms. The van der Waals surface area contributed by atoms with Crippen molar-refractivity contribution in [2.45, 2.75) is 18.9 Å². The SMILES string of the molecule is CSc1ccc(NC(=O)c2ccc3c(c2)C(=O)N(c2cc(C)ccc2C)C3=O)cn1. The third-order valence-corrected chi connectivity index (χ3v) is 5.62. The van der Waals surface area contributed by atoms with Crippen LogP contribution >= 0.6 is 11.8 Å². The molecule has 1 aromatic heterocycles. The number of hydrogen-bond donors (Lipinski definition) is 1. The van der Waals surface area contributed by atoms with Crippen molar-refractivity contribution in [3.63, 3.8) is 0 Å². The van der Waals surface area contributed by atoms with Gasteiger partial charge in [0.25, 0.3) is 17.7 Å². The standard InChI is InChI=1S/C23H19N3O3S/c1-13-4-5-14(2)19(10-13)26-22(28)17-8-6-15(11-18(17)23(26)29)21(27)25-16-7-9-20(30-3)24-12-16/h4-12H,1-3H3,(H,25,27). The lowest BCUT2D eigenvalue weighted by Crippen LogP contribution is -2.30. The van der Waals surface area contributed by atoms with E-state index in [1.165, 1.54) is 28.8 Å². The zero-order valence-corrected chi connectivity index (χ0v) is 17.5. The zero-order valence-electron chi connectivity index (χ0n) is 16.7. The molecule has 0 saturated heterocycles. The van der Waals surface area contributed by atoms with Gasteiger partial charge in [0.2, 0.25) is 0 Å². The Balaban J connectivity index is 1.62. The van der Waals surface area contributed by atoms with Crippen molar-refractivity contribution in [3.05, 3.63) is 82.5 Å². The number of rotatable bonds is 4. The van der Waals surface area contributed by atoms with Crippen LogP contribution in [0.2, 0.25) is 0 Å². The van der Waals surface area contributed by atoms with E-state index in [9.17, 15) is 14.4 Å². The van der Waals surface area contributed by atoms with Gasteiger partial charge in [-0.1, -0.05) is 12.1 Å². The lowest BCUT2D eigenvalue weighted by atomic mass is 10.1. The van der Waals surface area contributed by atoms with E-state index in [-0.39, 0.29) is 17.4 Å². The normalized spacial score (nSPS) is 12.8. The summed E-state index contributed by atoms with van der Waals surface area (Å²) in [5.74, 6) is -1.18. The fraction of sp³-hybridized carbons (Fsp3) is 0.130. The molecule has 4 rings (SSSR count). The van der Waals surface area contributed by atoms with Gasteiger partial charge < -0.3 is 5.32 Å². The van der Waals surface area contributed by atoms with Crippen molar-refractivity contribution in [1.29, 1.82) is 0 Å². The number of imide groups is 1. The fourth-order valence-electron chi connectivity index (χ4n) is 3.34. The van der Waals surface area contributed by atoms with Crippen LogP contribution in [0.5, 0.6) is 0 Å². The molecule has 1 aliphatic rings. The van der Waals surface area contributed by atoms with Crippen molar-refractivity contribution in [1.82, 2.24) is 4.98 Å². The van der Waals surface area contributed by atoms with Gasteiger partial charge in [-0.3, -0.25) is 14.4 Å². The highest BCUT2D eigenvalue weighted by Gasteiger charge is 2.37. The number of carbonyl (C=O) groups excluding carboxylic acids is 3. The number of aryl methyl sites for hydroxylation is 2. The van der Waals surface area contributed by atoms with Crippen molar-refractivity contribution in [3.8, 4) is 0 Å². The van der Waals surface area contributed by atoms with Gasteiger partial charge >= 0.3 is 0 Å². The van der Waals surface area contributed by atoms with Gasteiger partial charge in [-0.25, -0.2) is 9.88 Å². The molecule has 0 saturated carbocycles. The summed E-state index contributed by atoms with van der Waals surface area (Å²) in [7, 11) is 0. The topological polar surface area (TPSA) is 79.4 Å². The molecule has 0 spiro atoms. The van der Waals surface area contributed by atoms with E-state index in [0.717, 1.165) is 16.2 Å². The van der Waals surface area contributed by atoms with E-state index in [1.54, 1.807) is 18.3 Å². The molecule has 2 heterocycles. The van der Waals surface area contributed by atoms with Gasteiger partial charge in [-0.2, -0.15) is 0 Å². The summed E-state index contributed by atoms with van der Waals surface area (Å²) < 4.78 is 0. The lowest BCUT2D eigenvalue weighted by Gasteiger charge is -2.17. The molecular weight excluding hydrogens is 398 g/mol. The second kappa shape index (κ2) is 7.76. The number of aromatic nitrogens is 1. The lowest BCUT2D eigenvalue weighted by molar-refractivity contribution is 0.0925. The summed E-state index contributed by atoms with van der Waals surface area (Å²) in [6, 6.07) is 13.8. The van der Waals surface area contributed by atoms with Gasteiger partial charge in [-0.15, -0.1) is 11.8 Å². The van der Waals surface area contributed by atoms with Crippen LogP contribution in [0.15, 0.2) is 59.8 Å². The number of fused-ring (bicyclic) bond motifs is 1. The smallest absolute Gasteiger partial charge is 0.266 e. The average molecular weight is 417 g/mol. The summed E-state index contributed by atoms with van der Waals surface area (Å²) in [5.41, 5.74) is 3.71. The van der Waals surface area contributed by atoms with Gasteiger partial charge in [0.05, 0.1) is 33.7 Å². The van der Waals surface area contributed by atoms with Crippen LogP contribution in [0.4, 0.5) is 11.4 Å². The average Bonchev–Trinajstić information content (AvgIpc) is 3.00. The van der Waals surface area contributed by atoms with Crippen molar-refractivity contribution in [2.75, 3.05) is 16.5 Å². The minimum absolute atomic E-state index is 0.226. The Morgan fingerprint density at radius 1 is 0.967 bits per heavy atom. The molecule has 30 heavy (non-hydrogen) atoms. The Bertz CT molecular complexity index is 1190. The first-order valence-electron chi connectivity index (χ1n) is 9.30. The Morgan fingerprint density at radius 2 is 1.73 bits per heavy atom. The van der Waals surface area contributed by atoms with Crippen LogP contribution in [0.25, 0.3) is 0 Å². The van der Waals surface area contributed by atoms with Crippen LogP contribution in [-0.4, -0.2) is 29.0 Å². The molecule has 0 radical (unpaired) electrons. The Morgan fingerprint density at radius 3 is 2.43 bits per heavy atom. The first-order valence-corrected chi connectivity index (χ1v) is 10.5. The van der Waals surface area contributed by atoms with Crippen LogP contribution in [0.1, 0.15) is 42.2 Å². The van der Waals surface area contributed by atoms with E-state index < -0.39 is 5.91 Å². The van der Waals surface area contributed by atoms with Crippen LogP contribution in [0.3, 0.4) is 0 Å². The second-order valence-electron chi connectivity index (χ2n) is 7.04. The number of nitrogens with one attached hydrogen (secondary N) is 1. The highest BCUT2D eigenvalue weighted by Crippen LogP contribution is 2.32. The van der Waals surface area contributed by atoms with Crippen LogP contribution < -0.4 is 10.2 Å². The summed E-state index contributed by atoms with van der Waals surface area (Å²) in [4.78, 5) is 44.0. The Kier molecular flexibility index (Phi) is 5.13. The summed E-state index contributed by atoms with van der Waals surface area (Å²) in [5, 5.41) is 3.61. The molecule has 2 aromatic carbocycles. The van der Waals surface area contributed by atoms with Gasteiger partial charge in [0, 0.05) is 5.56 Å². The van der Waals surface area contributed by atoms with Crippen LogP contribution in [0, 0.1) is 13.8 Å². The van der Waals surface area contributed by atoms with E-state index in [4.69, 9.17) is 0 Å².